The predicted molar refractivity (Wildman–Crippen MR) is 54.0 cm³/mol. The first-order valence-corrected chi connectivity index (χ1v) is 5.51. The van der Waals surface area contributed by atoms with E-state index >= 15 is 0 Å². The van der Waals surface area contributed by atoms with E-state index in [9.17, 15) is 4.79 Å². The van der Waals surface area contributed by atoms with Crippen LogP contribution >= 0.6 is 27.3 Å². The summed E-state index contributed by atoms with van der Waals surface area (Å²) in [4.78, 5) is 11.9. The van der Waals surface area contributed by atoms with Crippen LogP contribution < -0.4 is 5.32 Å². The molecule has 0 saturated carbocycles. The molecule has 0 radical (unpaired) electrons. The second-order valence-corrected chi connectivity index (χ2v) is 5.49. The number of hydrogen-bond donors (Lipinski definition) is 2. The number of halogens is 1. The third-order valence-electron chi connectivity index (χ3n) is 2.09. The first-order valence-electron chi connectivity index (χ1n) is 3.90. The molecule has 13 heavy (non-hydrogen) atoms. The molecule has 0 unspecified atom stereocenters. The quantitative estimate of drug-likeness (QED) is 0.808. The molecule has 2 heterocycles. The number of thiophene rings is 1. The van der Waals surface area contributed by atoms with E-state index in [4.69, 9.17) is 5.11 Å². The Hall–Kier alpha value is -0.390. The van der Waals surface area contributed by atoms with Crippen molar-refractivity contribution in [2.24, 2.45) is 0 Å². The largest absolute Gasteiger partial charge is 0.480 e. The normalized spacial score (nSPS) is 21.2. The van der Waals surface area contributed by atoms with E-state index in [0.29, 0.717) is 13.0 Å². The van der Waals surface area contributed by atoms with Gasteiger partial charge in [0.05, 0.1) is 3.79 Å². The van der Waals surface area contributed by atoms with Gasteiger partial charge in [0, 0.05) is 17.8 Å². The van der Waals surface area contributed by atoms with Gasteiger partial charge >= 0.3 is 5.97 Å². The van der Waals surface area contributed by atoms with Crippen LogP contribution in [0.1, 0.15) is 10.4 Å². The molecule has 0 bridgehead atoms. The smallest absolute Gasteiger partial charge is 0.321 e. The van der Waals surface area contributed by atoms with Gasteiger partial charge in [-0.05, 0) is 27.6 Å². The van der Waals surface area contributed by atoms with Gasteiger partial charge in [0.2, 0.25) is 0 Å². The lowest BCUT2D eigenvalue weighted by molar-refractivity contribution is -0.139. The van der Waals surface area contributed by atoms with Crippen LogP contribution in [0.25, 0.3) is 0 Å². The summed E-state index contributed by atoms with van der Waals surface area (Å²) in [6, 6.07) is 1.63. The molecule has 1 atom stereocenters. The minimum absolute atomic E-state index is 0.418. The van der Waals surface area contributed by atoms with E-state index in [1.54, 1.807) is 11.3 Å². The summed E-state index contributed by atoms with van der Waals surface area (Å²) in [7, 11) is 0. The van der Waals surface area contributed by atoms with Gasteiger partial charge in [0.15, 0.2) is 0 Å². The van der Waals surface area contributed by atoms with Gasteiger partial charge in [-0.15, -0.1) is 11.3 Å². The topological polar surface area (TPSA) is 49.3 Å². The van der Waals surface area contributed by atoms with Gasteiger partial charge in [0.25, 0.3) is 0 Å². The molecule has 0 fully saturated rings. The maximum absolute atomic E-state index is 10.7. The van der Waals surface area contributed by atoms with Gasteiger partial charge in [-0.2, -0.15) is 0 Å². The van der Waals surface area contributed by atoms with E-state index in [-0.39, 0.29) is 0 Å². The predicted octanol–water partition coefficient (Wildman–Crippen LogP) is 1.61. The minimum atomic E-state index is -0.768. The maximum Gasteiger partial charge on any atom is 0.321 e. The number of carboxylic acids is 1. The average Bonchev–Trinajstić information content (AvgIpc) is 2.42. The number of hydrogen-bond acceptors (Lipinski definition) is 3. The zero-order chi connectivity index (χ0) is 9.42. The molecule has 1 aromatic rings. The molecule has 0 saturated heterocycles. The van der Waals surface area contributed by atoms with E-state index in [1.165, 1.54) is 10.4 Å². The van der Waals surface area contributed by atoms with Crippen molar-refractivity contribution in [3.8, 4) is 0 Å². The second kappa shape index (κ2) is 3.40. The lowest BCUT2D eigenvalue weighted by Gasteiger charge is -2.19. The Bertz CT molecular complexity index is 350. The highest BCUT2D eigenvalue weighted by Crippen LogP contribution is 2.30. The summed E-state index contributed by atoms with van der Waals surface area (Å²) >= 11 is 5.02. The summed E-state index contributed by atoms with van der Waals surface area (Å²) < 4.78 is 1.07. The minimum Gasteiger partial charge on any atom is -0.480 e. The fraction of sp³-hybridized carbons (Fsp3) is 0.375. The molecule has 1 aliphatic rings. The van der Waals surface area contributed by atoms with Crippen LogP contribution in [0.5, 0.6) is 0 Å². The van der Waals surface area contributed by atoms with Gasteiger partial charge in [0.1, 0.15) is 6.04 Å². The highest BCUT2D eigenvalue weighted by molar-refractivity contribution is 9.11. The van der Waals surface area contributed by atoms with Crippen LogP contribution in [-0.4, -0.2) is 17.1 Å². The molecule has 0 aliphatic carbocycles. The Kier molecular flexibility index (Phi) is 2.40. The van der Waals surface area contributed by atoms with Crippen LogP contribution in [0.15, 0.2) is 9.85 Å². The molecule has 70 valence electrons. The van der Waals surface area contributed by atoms with Crippen molar-refractivity contribution >= 4 is 33.2 Å². The molecule has 0 spiro atoms. The van der Waals surface area contributed by atoms with Gasteiger partial charge in [-0.1, -0.05) is 0 Å². The molecule has 2 N–H and O–H groups in total. The van der Waals surface area contributed by atoms with Gasteiger partial charge in [-0.3, -0.25) is 10.1 Å². The monoisotopic (exact) mass is 261 g/mol. The Morgan fingerprint density at radius 3 is 3.23 bits per heavy atom. The lowest BCUT2D eigenvalue weighted by Crippen LogP contribution is -2.40. The molecule has 1 aromatic heterocycles. The maximum atomic E-state index is 10.7. The highest BCUT2D eigenvalue weighted by atomic mass is 79.9. The second-order valence-electron chi connectivity index (χ2n) is 2.97. The molecular weight excluding hydrogens is 254 g/mol. The summed E-state index contributed by atoms with van der Waals surface area (Å²) in [5.41, 5.74) is 1.22. The van der Waals surface area contributed by atoms with Crippen molar-refractivity contribution in [2.45, 2.75) is 19.0 Å². The van der Waals surface area contributed by atoms with E-state index in [1.807, 2.05) is 6.07 Å². The van der Waals surface area contributed by atoms with Crippen LogP contribution in [-0.2, 0) is 17.8 Å². The van der Waals surface area contributed by atoms with Crippen molar-refractivity contribution in [1.82, 2.24) is 5.32 Å². The number of aliphatic carboxylic acids is 1. The molecule has 0 amide bonds. The fourth-order valence-corrected chi connectivity index (χ4v) is 3.23. The van der Waals surface area contributed by atoms with E-state index in [2.05, 4.69) is 21.2 Å². The standard InChI is InChI=1S/C8H8BrNO2S/c9-7-1-4-3-10-5(8(11)12)2-6(4)13-7/h1,5,10H,2-3H2,(H,11,12)/t5-/m0/s1. The van der Waals surface area contributed by atoms with Crippen molar-refractivity contribution in [2.75, 3.05) is 0 Å². The van der Waals surface area contributed by atoms with Crippen LogP contribution in [0.3, 0.4) is 0 Å². The van der Waals surface area contributed by atoms with Crippen LogP contribution in [0.2, 0.25) is 0 Å². The van der Waals surface area contributed by atoms with E-state index < -0.39 is 12.0 Å². The Morgan fingerprint density at radius 2 is 2.54 bits per heavy atom. The highest BCUT2D eigenvalue weighted by Gasteiger charge is 2.24. The number of carbonyl (C=O) groups is 1. The third-order valence-corrected chi connectivity index (χ3v) is 3.80. The lowest BCUT2D eigenvalue weighted by atomic mass is 10.1. The Labute approximate surface area is 87.9 Å². The summed E-state index contributed by atoms with van der Waals surface area (Å²) in [5, 5.41) is 11.8. The third kappa shape index (κ3) is 1.77. The van der Waals surface area contributed by atoms with Crippen molar-refractivity contribution in [3.05, 3.63) is 20.3 Å². The van der Waals surface area contributed by atoms with Crippen molar-refractivity contribution < 1.29 is 9.90 Å². The molecule has 2 rings (SSSR count). The number of fused-ring (bicyclic) bond motifs is 1. The molecule has 0 aromatic carbocycles. The fourth-order valence-electron chi connectivity index (χ4n) is 1.42. The SMILES string of the molecule is O=C(O)[C@@H]1Cc2sc(Br)cc2CN1. The number of rotatable bonds is 1. The van der Waals surface area contributed by atoms with Gasteiger partial charge in [-0.25, -0.2) is 0 Å². The van der Waals surface area contributed by atoms with Crippen LogP contribution in [0.4, 0.5) is 0 Å². The first kappa shape index (κ1) is 9.18. The summed E-state index contributed by atoms with van der Waals surface area (Å²) in [6.45, 7) is 0.661. The molecule has 3 nitrogen and oxygen atoms in total. The number of nitrogens with one attached hydrogen (secondary N) is 1. The Balaban J connectivity index is 2.24. The van der Waals surface area contributed by atoms with Crippen molar-refractivity contribution in [1.29, 1.82) is 0 Å². The molecule has 1 aliphatic heterocycles. The van der Waals surface area contributed by atoms with Gasteiger partial charge < -0.3 is 5.11 Å². The van der Waals surface area contributed by atoms with Crippen LogP contribution in [0, 0.1) is 0 Å². The Morgan fingerprint density at radius 1 is 1.77 bits per heavy atom. The zero-order valence-electron chi connectivity index (χ0n) is 6.71. The van der Waals surface area contributed by atoms with Crippen molar-refractivity contribution in [3.63, 3.8) is 0 Å². The average molecular weight is 262 g/mol. The first-order chi connectivity index (χ1) is 6.16. The number of carboxylic acid groups (broad SMARTS) is 1. The summed E-state index contributed by atoms with van der Waals surface area (Å²) in [6.07, 6.45) is 0.598. The van der Waals surface area contributed by atoms with E-state index in [0.717, 1.165) is 3.79 Å². The summed E-state index contributed by atoms with van der Waals surface area (Å²) in [5.74, 6) is -0.768. The zero-order valence-corrected chi connectivity index (χ0v) is 9.11. The molecular formula is C8H8BrNO2S. The molecule has 5 heteroatoms.